The molecular formula is C16H11F5O2. The van der Waals surface area contributed by atoms with Crippen LogP contribution in [0.5, 0.6) is 0 Å². The van der Waals surface area contributed by atoms with E-state index in [1.807, 2.05) is 0 Å². The van der Waals surface area contributed by atoms with Crippen molar-refractivity contribution in [3.05, 3.63) is 59.2 Å². The molecule has 0 fully saturated rings. The number of hydrogen-bond acceptors (Lipinski definition) is 2. The lowest BCUT2D eigenvalue weighted by molar-refractivity contribution is -0.127. The summed E-state index contributed by atoms with van der Waals surface area (Å²) >= 11 is 0. The Morgan fingerprint density at radius 1 is 1.04 bits per heavy atom. The van der Waals surface area contributed by atoms with Gasteiger partial charge in [0, 0.05) is 0 Å². The van der Waals surface area contributed by atoms with E-state index in [0.717, 1.165) is 19.2 Å². The minimum absolute atomic E-state index is 0.0247. The number of carbonyl (C=O) groups excluding carboxylic acids is 1. The topological polar surface area (TPSA) is 26.3 Å². The van der Waals surface area contributed by atoms with E-state index in [9.17, 15) is 26.7 Å². The quantitative estimate of drug-likeness (QED) is 0.611. The number of esters is 1. The van der Waals surface area contributed by atoms with E-state index in [0.29, 0.717) is 0 Å². The van der Waals surface area contributed by atoms with Gasteiger partial charge >= 0.3 is 12.1 Å². The number of rotatable bonds is 3. The molecule has 0 unspecified atom stereocenters. The van der Waals surface area contributed by atoms with Crippen LogP contribution in [0.4, 0.5) is 22.0 Å². The maximum Gasteiger partial charge on any atom is 0.393 e. The number of benzene rings is 2. The largest absolute Gasteiger partial charge is 0.465 e. The Bertz CT molecular complexity index is 714. The molecule has 0 saturated carbocycles. The van der Waals surface area contributed by atoms with Gasteiger partial charge in [-0.2, -0.15) is 13.2 Å². The summed E-state index contributed by atoms with van der Waals surface area (Å²) in [5, 5.41) is 0. The number of ether oxygens (including phenoxy) is 1. The van der Waals surface area contributed by atoms with Crippen molar-refractivity contribution < 1.29 is 31.5 Å². The first-order valence-corrected chi connectivity index (χ1v) is 6.44. The van der Waals surface area contributed by atoms with Crippen molar-refractivity contribution in [3.63, 3.8) is 0 Å². The Labute approximate surface area is 128 Å². The molecule has 23 heavy (non-hydrogen) atoms. The van der Waals surface area contributed by atoms with Gasteiger partial charge in [0.1, 0.15) is 17.2 Å². The van der Waals surface area contributed by atoms with Gasteiger partial charge in [0.05, 0.1) is 13.5 Å². The molecule has 0 aliphatic heterocycles. The van der Waals surface area contributed by atoms with E-state index in [1.165, 1.54) is 24.3 Å². The van der Waals surface area contributed by atoms with Gasteiger partial charge in [-0.05, 0) is 28.8 Å². The van der Waals surface area contributed by atoms with Crippen LogP contribution < -0.4 is 0 Å². The highest BCUT2D eigenvalue weighted by atomic mass is 19.4. The van der Waals surface area contributed by atoms with Gasteiger partial charge in [0.25, 0.3) is 0 Å². The van der Waals surface area contributed by atoms with Gasteiger partial charge in [0.15, 0.2) is 0 Å². The molecule has 0 aromatic heterocycles. The molecule has 0 aliphatic carbocycles. The molecule has 2 nitrogen and oxygen atoms in total. The van der Waals surface area contributed by atoms with Crippen LogP contribution in [0.15, 0.2) is 36.4 Å². The Kier molecular flexibility index (Phi) is 4.68. The summed E-state index contributed by atoms with van der Waals surface area (Å²) in [7, 11) is 0.982. The van der Waals surface area contributed by atoms with E-state index in [-0.39, 0.29) is 16.7 Å². The Morgan fingerprint density at radius 2 is 1.65 bits per heavy atom. The molecule has 122 valence electrons. The van der Waals surface area contributed by atoms with E-state index >= 15 is 0 Å². The minimum Gasteiger partial charge on any atom is -0.465 e. The summed E-state index contributed by atoms with van der Waals surface area (Å²) in [5.74, 6) is -3.46. The van der Waals surface area contributed by atoms with Crippen molar-refractivity contribution in [2.24, 2.45) is 0 Å². The number of alkyl halides is 3. The van der Waals surface area contributed by atoms with Crippen LogP contribution in [0, 0.1) is 11.6 Å². The number of hydrogen-bond donors (Lipinski definition) is 0. The predicted molar refractivity (Wildman–Crippen MR) is 72.9 cm³/mol. The highest BCUT2D eigenvalue weighted by Gasteiger charge is 2.27. The number of methoxy groups -OCH3 is 1. The van der Waals surface area contributed by atoms with Crippen LogP contribution in [0.25, 0.3) is 11.1 Å². The first-order valence-electron chi connectivity index (χ1n) is 6.44. The minimum atomic E-state index is -4.39. The number of halogens is 5. The van der Waals surface area contributed by atoms with Gasteiger partial charge in [-0.25, -0.2) is 13.6 Å². The van der Waals surface area contributed by atoms with Gasteiger partial charge < -0.3 is 4.74 Å². The molecule has 0 atom stereocenters. The summed E-state index contributed by atoms with van der Waals surface area (Å²) in [5.41, 5.74) is -0.645. The van der Waals surface area contributed by atoms with Crippen molar-refractivity contribution in [2.75, 3.05) is 7.11 Å². The van der Waals surface area contributed by atoms with E-state index in [4.69, 9.17) is 0 Å². The summed E-state index contributed by atoms with van der Waals surface area (Å²) in [4.78, 5) is 11.3. The zero-order chi connectivity index (χ0) is 17.2. The second kappa shape index (κ2) is 6.36. The van der Waals surface area contributed by atoms with Crippen LogP contribution in [0.2, 0.25) is 0 Å². The van der Waals surface area contributed by atoms with Crippen LogP contribution in [-0.2, 0) is 11.2 Å². The lowest BCUT2D eigenvalue weighted by Gasteiger charge is -2.10. The Balaban J connectivity index is 2.43. The molecule has 0 aliphatic rings. The summed E-state index contributed by atoms with van der Waals surface area (Å²) < 4.78 is 69.3. The summed E-state index contributed by atoms with van der Waals surface area (Å²) in [6, 6.07) is 7.00. The monoisotopic (exact) mass is 330 g/mol. The maximum absolute atomic E-state index is 13.9. The normalized spacial score (nSPS) is 11.4. The van der Waals surface area contributed by atoms with Crippen LogP contribution >= 0.6 is 0 Å². The molecule has 2 rings (SSSR count). The fourth-order valence-electron chi connectivity index (χ4n) is 2.13. The van der Waals surface area contributed by atoms with E-state index < -0.39 is 35.8 Å². The van der Waals surface area contributed by atoms with Crippen molar-refractivity contribution in [1.29, 1.82) is 0 Å². The van der Waals surface area contributed by atoms with Gasteiger partial charge in [-0.3, -0.25) is 0 Å². The second-order valence-electron chi connectivity index (χ2n) is 4.80. The molecule has 0 heterocycles. The van der Waals surface area contributed by atoms with Gasteiger partial charge in [-0.1, -0.05) is 24.3 Å². The average Bonchev–Trinajstić information content (AvgIpc) is 2.44. The molecule has 0 spiro atoms. The second-order valence-corrected chi connectivity index (χ2v) is 4.80. The Hall–Kier alpha value is -2.44. The molecule has 0 amide bonds. The molecule has 0 saturated heterocycles. The smallest absolute Gasteiger partial charge is 0.393 e. The highest BCUT2D eigenvalue weighted by molar-refractivity contribution is 5.90. The first-order chi connectivity index (χ1) is 10.7. The van der Waals surface area contributed by atoms with Gasteiger partial charge in [0.2, 0.25) is 0 Å². The van der Waals surface area contributed by atoms with Crippen molar-refractivity contribution in [1.82, 2.24) is 0 Å². The maximum atomic E-state index is 13.9. The average molecular weight is 330 g/mol. The molecule has 7 heteroatoms. The zero-order valence-electron chi connectivity index (χ0n) is 11.9. The lowest BCUT2D eigenvalue weighted by Crippen LogP contribution is -2.11. The summed E-state index contributed by atoms with van der Waals surface area (Å²) in [6.45, 7) is 0. The Morgan fingerprint density at radius 3 is 2.17 bits per heavy atom. The standard InChI is InChI=1S/C16H11F5O2/c1-23-15(22)14-12(17)6-11(7-13(14)18)10-4-2-3-9(5-10)8-16(19,20)21/h2-7H,8H2,1H3. The van der Waals surface area contributed by atoms with Crippen LogP contribution in [-0.4, -0.2) is 19.3 Å². The molecule has 0 radical (unpaired) electrons. The van der Waals surface area contributed by atoms with Crippen molar-refractivity contribution in [3.8, 4) is 11.1 Å². The molecule has 2 aromatic carbocycles. The van der Waals surface area contributed by atoms with Crippen molar-refractivity contribution >= 4 is 5.97 Å². The predicted octanol–water partition coefficient (Wildman–Crippen LogP) is 4.52. The summed E-state index contributed by atoms with van der Waals surface area (Å²) in [6.07, 6.45) is -5.53. The third-order valence-corrected chi connectivity index (χ3v) is 3.10. The van der Waals surface area contributed by atoms with Crippen LogP contribution in [0.1, 0.15) is 15.9 Å². The van der Waals surface area contributed by atoms with Crippen molar-refractivity contribution in [2.45, 2.75) is 12.6 Å². The first kappa shape index (κ1) is 16.9. The van der Waals surface area contributed by atoms with Gasteiger partial charge in [-0.15, -0.1) is 0 Å². The lowest BCUT2D eigenvalue weighted by atomic mass is 10.00. The fourth-order valence-corrected chi connectivity index (χ4v) is 2.13. The van der Waals surface area contributed by atoms with Crippen LogP contribution in [0.3, 0.4) is 0 Å². The number of carbonyl (C=O) groups is 1. The highest BCUT2D eigenvalue weighted by Crippen LogP contribution is 2.28. The van der Waals surface area contributed by atoms with E-state index in [1.54, 1.807) is 0 Å². The zero-order valence-corrected chi connectivity index (χ0v) is 11.9. The third-order valence-electron chi connectivity index (χ3n) is 3.10. The molecular weight excluding hydrogens is 319 g/mol. The third kappa shape index (κ3) is 4.06. The SMILES string of the molecule is COC(=O)c1c(F)cc(-c2cccc(CC(F)(F)F)c2)cc1F. The molecule has 2 aromatic rings. The fraction of sp³-hybridized carbons (Fsp3) is 0.188. The van der Waals surface area contributed by atoms with E-state index in [2.05, 4.69) is 4.74 Å². The molecule has 0 bridgehead atoms. The molecule has 0 N–H and O–H groups in total.